The number of anilines is 1. The molecule has 0 atom stereocenters. The van der Waals surface area contributed by atoms with Crippen LogP contribution < -0.4 is 10.6 Å². The minimum absolute atomic E-state index is 0.229. The molecule has 1 amide bonds. The van der Waals surface area contributed by atoms with Gasteiger partial charge in [0.2, 0.25) is 5.82 Å². The maximum atomic E-state index is 13.1. The lowest BCUT2D eigenvalue weighted by atomic mass is 10.2. The summed E-state index contributed by atoms with van der Waals surface area (Å²) in [5, 5.41) is 24.3. The van der Waals surface area contributed by atoms with E-state index in [2.05, 4.69) is 20.8 Å². The molecule has 10 heteroatoms. The van der Waals surface area contributed by atoms with Crippen LogP contribution in [0.1, 0.15) is 16.4 Å². The Morgan fingerprint density at radius 2 is 2.26 bits per heavy atom. The Morgan fingerprint density at radius 1 is 1.43 bits per heavy atom. The topological polar surface area (TPSA) is 115 Å². The predicted octanol–water partition coefficient (Wildman–Crippen LogP) is 0.723. The highest BCUT2D eigenvalue weighted by molar-refractivity contribution is 5.91. The first-order valence-corrected chi connectivity index (χ1v) is 6.94. The number of aromatic nitrogens is 3. The molecule has 120 valence electrons. The Bertz CT molecular complexity index is 775. The van der Waals surface area contributed by atoms with E-state index in [1.807, 2.05) is 0 Å². The molecule has 1 aromatic heterocycles. The van der Waals surface area contributed by atoms with Gasteiger partial charge in [-0.15, -0.1) is 10.2 Å². The van der Waals surface area contributed by atoms with E-state index < -0.39 is 10.7 Å². The Balaban J connectivity index is 1.69. The highest BCUT2D eigenvalue weighted by atomic mass is 19.1. The highest BCUT2D eigenvalue weighted by Crippen LogP contribution is 2.24. The van der Waals surface area contributed by atoms with E-state index in [0.717, 1.165) is 12.1 Å². The van der Waals surface area contributed by atoms with Crippen molar-refractivity contribution >= 4 is 17.3 Å². The standard InChI is InChI=1S/C13H13FN6O3/c14-8-1-2-9(10(7-8)20(22)23)15-4-3-11-17-18-12-13(21)16-5-6-19(11)12/h1-2,7,15H,3-6H2,(H,16,21). The number of nitro benzene ring substituents is 1. The molecule has 1 aliphatic heterocycles. The van der Waals surface area contributed by atoms with Gasteiger partial charge in [-0.2, -0.15) is 0 Å². The molecule has 1 aliphatic rings. The molecule has 0 fully saturated rings. The molecule has 0 aliphatic carbocycles. The Morgan fingerprint density at radius 3 is 3.04 bits per heavy atom. The van der Waals surface area contributed by atoms with Gasteiger partial charge in [0, 0.05) is 26.1 Å². The molecule has 9 nitrogen and oxygen atoms in total. The first-order chi connectivity index (χ1) is 11.1. The van der Waals surface area contributed by atoms with Gasteiger partial charge in [0.05, 0.1) is 11.0 Å². The number of nitrogens with one attached hydrogen (secondary N) is 2. The monoisotopic (exact) mass is 320 g/mol. The maximum Gasteiger partial charge on any atom is 0.295 e. The lowest BCUT2D eigenvalue weighted by molar-refractivity contribution is -0.384. The molecule has 3 rings (SSSR count). The Kier molecular flexibility index (Phi) is 3.87. The van der Waals surface area contributed by atoms with Gasteiger partial charge in [-0.25, -0.2) is 4.39 Å². The van der Waals surface area contributed by atoms with Crippen LogP contribution in [0.5, 0.6) is 0 Å². The number of amides is 1. The normalized spacial score (nSPS) is 13.3. The zero-order valence-corrected chi connectivity index (χ0v) is 12.0. The lowest BCUT2D eigenvalue weighted by Gasteiger charge is -2.15. The molecule has 2 aromatic rings. The summed E-state index contributed by atoms with van der Waals surface area (Å²) in [6, 6.07) is 3.34. The van der Waals surface area contributed by atoms with Crippen LogP contribution in [-0.2, 0) is 13.0 Å². The maximum absolute atomic E-state index is 13.1. The van der Waals surface area contributed by atoms with Crippen molar-refractivity contribution in [3.05, 3.63) is 45.8 Å². The number of rotatable bonds is 5. The third-order valence-electron chi connectivity index (χ3n) is 3.47. The number of carbonyl (C=O) groups excluding carboxylic acids is 1. The van der Waals surface area contributed by atoms with Crippen LogP contribution in [0.3, 0.4) is 0 Å². The molecule has 2 N–H and O–H groups in total. The summed E-state index contributed by atoms with van der Waals surface area (Å²) in [5.41, 5.74) is -0.0971. The number of benzene rings is 1. The van der Waals surface area contributed by atoms with Crippen molar-refractivity contribution < 1.29 is 14.1 Å². The second kappa shape index (κ2) is 5.99. The van der Waals surface area contributed by atoms with Crippen LogP contribution in [0.15, 0.2) is 18.2 Å². The van der Waals surface area contributed by atoms with Crippen LogP contribution in [0.2, 0.25) is 0 Å². The molecule has 0 saturated carbocycles. The molecule has 23 heavy (non-hydrogen) atoms. The van der Waals surface area contributed by atoms with Gasteiger partial charge in [-0.05, 0) is 12.1 Å². The molecule has 1 aromatic carbocycles. The summed E-state index contributed by atoms with van der Waals surface area (Å²) in [4.78, 5) is 21.9. The van der Waals surface area contributed by atoms with Gasteiger partial charge in [0.15, 0.2) is 0 Å². The van der Waals surface area contributed by atoms with Crippen molar-refractivity contribution in [1.82, 2.24) is 20.1 Å². The molecule has 0 bridgehead atoms. The van der Waals surface area contributed by atoms with E-state index in [4.69, 9.17) is 0 Å². The molecule has 0 unspecified atom stereocenters. The van der Waals surface area contributed by atoms with Crippen molar-refractivity contribution in [2.24, 2.45) is 0 Å². The van der Waals surface area contributed by atoms with Crippen molar-refractivity contribution in [3.8, 4) is 0 Å². The Hall–Kier alpha value is -3.04. The van der Waals surface area contributed by atoms with Gasteiger partial charge in [-0.3, -0.25) is 14.9 Å². The third-order valence-corrected chi connectivity index (χ3v) is 3.47. The first kappa shape index (κ1) is 14.9. The van der Waals surface area contributed by atoms with Crippen LogP contribution in [0.4, 0.5) is 15.8 Å². The van der Waals surface area contributed by atoms with Crippen LogP contribution in [0.25, 0.3) is 0 Å². The number of fused-ring (bicyclic) bond motifs is 1. The zero-order chi connectivity index (χ0) is 16.4. The lowest BCUT2D eigenvalue weighted by Crippen LogP contribution is -2.36. The first-order valence-electron chi connectivity index (χ1n) is 6.94. The van der Waals surface area contributed by atoms with E-state index >= 15 is 0 Å². The molecular formula is C13H13FN6O3. The fourth-order valence-electron chi connectivity index (χ4n) is 2.40. The average molecular weight is 320 g/mol. The van der Waals surface area contributed by atoms with Gasteiger partial charge >= 0.3 is 0 Å². The third kappa shape index (κ3) is 2.96. The SMILES string of the molecule is O=C1NCCn2c(CCNc3ccc(F)cc3[N+](=O)[O-])nnc21. The number of nitro groups is 1. The number of nitrogens with zero attached hydrogens (tertiary/aromatic N) is 4. The highest BCUT2D eigenvalue weighted by Gasteiger charge is 2.22. The zero-order valence-electron chi connectivity index (χ0n) is 12.0. The van der Waals surface area contributed by atoms with Gasteiger partial charge < -0.3 is 15.2 Å². The summed E-state index contributed by atoms with van der Waals surface area (Å²) < 4.78 is 14.8. The quantitative estimate of drug-likeness (QED) is 0.620. The number of hydrogen-bond donors (Lipinski definition) is 2. The largest absolute Gasteiger partial charge is 0.379 e. The second-order valence-electron chi connectivity index (χ2n) is 4.94. The fraction of sp³-hybridized carbons (Fsp3) is 0.308. The van der Waals surface area contributed by atoms with Gasteiger partial charge in [0.1, 0.15) is 17.3 Å². The van der Waals surface area contributed by atoms with Crippen LogP contribution >= 0.6 is 0 Å². The van der Waals surface area contributed by atoms with Crippen LogP contribution in [0, 0.1) is 15.9 Å². The predicted molar refractivity (Wildman–Crippen MR) is 77.6 cm³/mol. The van der Waals surface area contributed by atoms with Crippen molar-refractivity contribution in [2.75, 3.05) is 18.4 Å². The molecule has 0 spiro atoms. The number of carbonyl (C=O) groups is 1. The van der Waals surface area contributed by atoms with Gasteiger partial charge in [0.25, 0.3) is 11.6 Å². The molecule has 0 saturated heterocycles. The van der Waals surface area contributed by atoms with Crippen LogP contribution in [-0.4, -0.2) is 38.7 Å². The molecule has 0 radical (unpaired) electrons. The van der Waals surface area contributed by atoms with E-state index in [-0.39, 0.29) is 23.1 Å². The van der Waals surface area contributed by atoms with Crippen molar-refractivity contribution in [2.45, 2.75) is 13.0 Å². The van der Waals surface area contributed by atoms with E-state index in [9.17, 15) is 19.3 Å². The van der Waals surface area contributed by atoms with E-state index in [0.29, 0.717) is 31.9 Å². The minimum Gasteiger partial charge on any atom is -0.379 e. The second-order valence-corrected chi connectivity index (χ2v) is 4.94. The Labute approximate surface area is 129 Å². The smallest absolute Gasteiger partial charge is 0.295 e. The van der Waals surface area contributed by atoms with E-state index in [1.165, 1.54) is 6.07 Å². The number of halogens is 1. The van der Waals surface area contributed by atoms with E-state index in [1.54, 1.807) is 4.57 Å². The molecular weight excluding hydrogens is 307 g/mol. The summed E-state index contributed by atoms with van der Waals surface area (Å²) in [7, 11) is 0. The van der Waals surface area contributed by atoms with Gasteiger partial charge in [-0.1, -0.05) is 0 Å². The summed E-state index contributed by atoms with van der Waals surface area (Å²) in [6.45, 7) is 1.43. The van der Waals surface area contributed by atoms with Crippen molar-refractivity contribution in [1.29, 1.82) is 0 Å². The summed E-state index contributed by atoms with van der Waals surface area (Å²) in [5.74, 6) is -0.0527. The minimum atomic E-state index is -0.667. The fourth-order valence-corrected chi connectivity index (χ4v) is 2.40. The number of hydrogen-bond acceptors (Lipinski definition) is 6. The summed E-state index contributed by atoms with van der Waals surface area (Å²) >= 11 is 0. The van der Waals surface area contributed by atoms with Crippen molar-refractivity contribution in [3.63, 3.8) is 0 Å². The summed E-state index contributed by atoms with van der Waals surface area (Å²) in [6.07, 6.45) is 0.425. The molecule has 2 heterocycles. The average Bonchev–Trinajstić information content (AvgIpc) is 2.93.